The summed E-state index contributed by atoms with van der Waals surface area (Å²) in [5.74, 6) is -0.788. The zero-order valence-corrected chi connectivity index (χ0v) is 22.5. The lowest BCUT2D eigenvalue weighted by molar-refractivity contribution is -0.134. The van der Waals surface area contributed by atoms with Gasteiger partial charge in [-0.25, -0.2) is 14.1 Å². The van der Waals surface area contributed by atoms with Crippen molar-refractivity contribution in [3.8, 4) is 5.75 Å². The average Bonchev–Trinajstić information content (AvgIpc) is 3.41. The summed E-state index contributed by atoms with van der Waals surface area (Å²) < 4.78 is 25.0. The van der Waals surface area contributed by atoms with Crippen molar-refractivity contribution in [2.75, 3.05) is 11.9 Å². The van der Waals surface area contributed by atoms with E-state index in [1.165, 1.54) is 17.0 Å². The number of hydrogen-bond donors (Lipinski definition) is 1. The van der Waals surface area contributed by atoms with Crippen LogP contribution in [0.3, 0.4) is 0 Å². The second-order valence-electron chi connectivity index (χ2n) is 9.81. The van der Waals surface area contributed by atoms with Gasteiger partial charge in [-0.15, -0.1) is 6.58 Å². The van der Waals surface area contributed by atoms with E-state index < -0.39 is 24.1 Å². The van der Waals surface area contributed by atoms with Gasteiger partial charge in [0.2, 0.25) is 5.91 Å². The van der Waals surface area contributed by atoms with Crippen molar-refractivity contribution in [2.24, 2.45) is 5.92 Å². The molecule has 1 heterocycles. The third-order valence-corrected chi connectivity index (χ3v) is 7.09. The van der Waals surface area contributed by atoms with Crippen LogP contribution in [0.5, 0.6) is 5.75 Å². The van der Waals surface area contributed by atoms with Crippen molar-refractivity contribution in [1.29, 1.82) is 0 Å². The first kappa shape index (κ1) is 27.6. The number of ether oxygens (including phenoxy) is 2. The van der Waals surface area contributed by atoms with Crippen molar-refractivity contribution in [2.45, 2.75) is 25.1 Å². The first-order valence-electron chi connectivity index (χ1n) is 13.5. The molecule has 0 aliphatic carbocycles. The number of carbonyl (C=O) groups is 2. The molecule has 1 aliphatic heterocycles. The average molecular weight is 551 g/mol. The molecule has 1 N–H and O–H groups in total. The Labute approximate surface area is 239 Å². The van der Waals surface area contributed by atoms with Crippen LogP contribution in [0.1, 0.15) is 35.2 Å². The quantitative estimate of drug-likeness (QED) is 0.196. The third kappa shape index (κ3) is 6.64. The molecule has 0 aromatic heterocycles. The van der Waals surface area contributed by atoms with Gasteiger partial charge in [-0.1, -0.05) is 78.9 Å². The van der Waals surface area contributed by atoms with Gasteiger partial charge in [0, 0.05) is 5.69 Å². The minimum atomic E-state index is -0.717. The van der Waals surface area contributed by atoms with Crippen LogP contribution in [0.15, 0.2) is 122 Å². The fourth-order valence-electron chi connectivity index (χ4n) is 4.98. The SMILES string of the molecule is C=CCC(C(=O)N1C(=O)OC[C@@H]1c1ccccc1)C(Nc1ccc(F)cc1)c1ccc(OCc2ccccc2)cc1. The number of benzene rings is 4. The van der Waals surface area contributed by atoms with Crippen molar-refractivity contribution < 1.29 is 23.5 Å². The molecule has 1 aliphatic rings. The molecular formula is C34H31FN2O4. The topological polar surface area (TPSA) is 67.9 Å². The second-order valence-corrected chi connectivity index (χ2v) is 9.81. The van der Waals surface area contributed by atoms with Crippen LogP contribution in [0.25, 0.3) is 0 Å². The number of cyclic esters (lactones) is 1. The summed E-state index contributed by atoms with van der Waals surface area (Å²) in [7, 11) is 0. The molecule has 0 spiro atoms. The molecule has 1 fully saturated rings. The number of rotatable bonds is 11. The van der Waals surface area contributed by atoms with E-state index in [1.54, 1.807) is 18.2 Å². The molecule has 208 valence electrons. The van der Waals surface area contributed by atoms with Crippen LogP contribution in [0, 0.1) is 11.7 Å². The number of anilines is 1. The maximum atomic E-state index is 14.2. The van der Waals surface area contributed by atoms with Crippen molar-refractivity contribution in [3.05, 3.63) is 144 Å². The van der Waals surface area contributed by atoms with Gasteiger partial charge < -0.3 is 14.8 Å². The smallest absolute Gasteiger partial charge is 0.417 e. The number of amides is 2. The first-order valence-corrected chi connectivity index (χ1v) is 13.5. The zero-order chi connectivity index (χ0) is 28.6. The highest BCUT2D eigenvalue weighted by Crippen LogP contribution is 2.36. The monoisotopic (exact) mass is 550 g/mol. The van der Waals surface area contributed by atoms with Gasteiger partial charge in [-0.3, -0.25) is 4.79 Å². The standard InChI is InChI=1S/C34H31FN2O4/c1-2-9-30(33(38)37-31(23-41-34(37)39)25-12-7-4-8-13-25)32(36-28-18-16-27(35)17-19-28)26-14-20-29(21-15-26)40-22-24-10-5-3-6-11-24/h2-8,10-21,30-32,36H,1,9,22-23H2/t30?,31-,32?/m1/s1. The molecule has 5 rings (SSSR count). The highest BCUT2D eigenvalue weighted by Gasteiger charge is 2.43. The highest BCUT2D eigenvalue weighted by molar-refractivity contribution is 5.95. The molecule has 7 heteroatoms. The van der Waals surface area contributed by atoms with Gasteiger partial charge in [0.05, 0.1) is 12.0 Å². The zero-order valence-electron chi connectivity index (χ0n) is 22.5. The lowest BCUT2D eigenvalue weighted by Crippen LogP contribution is -2.42. The fraction of sp³-hybridized carbons (Fsp3) is 0.176. The molecule has 4 aromatic rings. The first-order chi connectivity index (χ1) is 20.0. The van der Waals surface area contributed by atoms with Gasteiger partial charge in [0.15, 0.2) is 0 Å². The number of allylic oxidation sites excluding steroid dienone is 1. The minimum absolute atomic E-state index is 0.0822. The molecule has 2 unspecified atom stereocenters. The number of carbonyl (C=O) groups excluding carboxylic acids is 2. The van der Waals surface area contributed by atoms with Crippen LogP contribution in [0.2, 0.25) is 0 Å². The molecule has 1 saturated heterocycles. The maximum Gasteiger partial charge on any atom is 0.417 e. The van der Waals surface area contributed by atoms with E-state index in [4.69, 9.17) is 9.47 Å². The second kappa shape index (κ2) is 13.0. The van der Waals surface area contributed by atoms with Gasteiger partial charge in [-0.05, 0) is 59.5 Å². The van der Waals surface area contributed by atoms with E-state index in [9.17, 15) is 14.0 Å². The molecule has 0 saturated carbocycles. The Hall–Kier alpha value is -4.91. The van der Waals surface area contributed by atoms with Crippen molar-refractivity contribution >= 4 is 17.7 Å². The molecule has 3 atom stereocenters. The van der Waals surface area contributed by atoms with Crippen LogP contribution in [0.4, 0.5) is 14.9 Å². The van der Waals surface area contributed by atoms with Crippen LogP contribution in [-0.4, -0.2) is 23.5 Å². The highest BCUT2D eigenvalue weighted by atomic mass is 19.1. The van der Waals surface area contributed by atoms with Crippen molar-refractivity contribution in [1.82, 2.24) is 4.90 Å². The molecule has 0 radical (unpaired) electrons. The van der Waals surface area contributed by atoms with E-state index in [1.807, 2.05) is 84.9 Å². The Morgan fingerprint density at radius 1 is 0.976 bits per heavy atom. The molecule has 0 bridgehead atoms. The van der Waals surface area contributed by atoms with E-state index in [-0.39, 0.29) is 24.8 Å². The van der Waals surface area contributed by atoms with E-state index in [0.29, 0.717) is 18.0 Å². The summed E-state index contributed by atoms with van der Waals surface area (Å²) in [6, 6.07) is 31.5. The summed E-state index contributed by atoms with van der Waals surface area (Å²) in [5, 5.41) is 3.40. The maximum absolute atomic E-state index is 14.2. The molecule has 2 amide bonds. The lowest BCUT2D eigenvalue weighted by atomic mass is 9.88. The predicted octanol–water partition coefficient (Wildman–Crippen LogP) is 7.47. The Balaban J connectivity index is 1.45. The summed E-state index contributed by atoms with van der Waals surface area (Å²) >= 11 is 0. The summed E-state index contributed by atoms with van der Waals surface area (Å²) in [6.45, 7) is 4.39. The molecule has 4 aromatic carbocycles. The van der Waals surface area contributed by atoms with E-state index in [2.05, 4.69) is 11.9 Å². The Morgan fingerprint density at radius 2 is 1.63 bits per heavy atom. The number of nitrogens with one attached hydrogen (secondary N) is 1. The van der Waals surface area contributed by atoms with E-state index >= 15 is 0 Å². The largest absolute Gasteiger partial charge is 0.489 e. The van der Waals surface area contributed by atoms with Crippen LogP contribution < -0.4 is 10.1 Å². The van der Waals surface area contributed by atoms with Gasteiger partial charge >= 0.3 is 6.09 Å². The van der Waals surface area contributed by atoms with Gasteiger partial charge in [0.1, 0.15) is 30.8 Å². The Kier molecular flexibility index (Phi) is 8.74. The Bertz CT molecular complexity index is 1460. The number of halogens is 1. The Morgan fingerprint density at radius 3 is 2.29 bits per heavy atom. The van der Waals surface area contributed by atoms with Gasteiger partial charge in [-0.2, -0.15) is 0 Å². The third-order valence-electron chi connectivity index (χ3n) is 7.09. The summed E-state index contributed by atoms with van der Waals surface area (Å²) in [4.78, 5) is 28.3. The molecular weight excluding hydrogens is 519 g/mol. The van der Waals surface area contributed by atoms with E-state index in [0.717, 1.165) is 16.7 Å². The van der Waals surface area contributed by atoms with Gasteiger partial charge in [0.25, 0.3) is 0 Å². The fourth-order valence-corrected chi connectivity index (χ4v) is 4.98. The van der Waals surface area contributed by atoms with Crippen LogP contribution >= 0.6 is 0 Å². The summed E-state index contributed by atoms with van der Waals surface area (Å²) in [5.41, 5.74) is 3.29. The number of imide groups is 1. The predicted molar refractivity (Wildman–Crippen MR) is 156 cm³/mol. The number of hydrogen-bond acceptors (Lipinski definition) is 5. The van der Waals surface area contributed by atoms with Crippen molar-refractivity contribution in [3.63, 3.8) is 0 Å². The lowest BCUT2D eigenvalue weighted by Gasteiger charge is -2.31. The molecule has 6 nitrogen and oxygen atoms in total. The number of nitrogens with zero attached hydrogens (tertiary/aromatic N) is 1. The summed E-state index contributed by atoms with van der Waals surface area (Å²) in [6.07, 6.45) is 1.27. The van der Waals surface area contributed by atoms with Crippen LogP contribution in [-0.2, 0) is 16.1 Å². The molecule has 41 heavy (non-hydrogen) atoms. The minimum Gasteiger partial charge on any atom is -0.489 e. The normalized spacial score (nSPS) is 16.0.